The summed E-state index contributed by atoms with van der Waals surface area (Å²) in [4.78, 5) is 27.0. The van der Waals surface area contributed by atoms with Gasteiger partial charge in [-0.25, -0.2) is 0 Å². The Morgan fingerprint density at radius 3 is 2.27 bits per heavy atom. The van der Waals surface area contributed by atoms with E-state index in [-0.39, 0.29) is 22.7 Å². The Morgan fingerprint density at radius 1 is 1.12 bits per heavy atom. The second-order valence-electron chi connectivity index (χ2n) is 7.03. The quantitative estimate of drug-likeness (QED) is 0.903. The van der Waals surface area contributed by atoms with Crippen LogP contribution in [-0.2, 0) is 9.59 Å². The van der Waals surface area contributed by atoms with Crippen molar-refractivity contribution in [2.24, 2.45) is 0 Å². The lowest BCUT2D eigenvalue weighted by atomic mass is 9.98. The molecule has 0 saturated carbocycles. The monoisotopic (exact) mass is 366 g/mol. The topological polar surface area (TPSA) is 49.4 Å². The summed E-state index contributed by atoms with van der Waals surface area (Å²) in [6.07, 6.45) is 1.36. The highest BCUT2D eigenvalue weighted by molar-refractivity contribution is 8.01. The normalized spacial score (nSPS) is 24.8. The Morgan fingerprint density at radius 2 is 1.69 bits per heavy atom. The molecule has 2 atom stereocenters. The van der Waals surface area contributed by atoms with Crippen molar-refractivity contribution in [3.05, 3.63) is 71.8 Å². The van der Waals surface area contributed by atoms with E-state index >= 15 is 0 Å². The van der Waals surface area contributed by atoms with Gasteiger partial charge in [-0.05, 0) is 24.5 Å². The predicted octanol–water partition coefficient (Wildman–Crippen LogP) is 3.35. The highest BCUT2D eigenvalue weighted by atomic mass is 32.2. The van der Waals surface area contributed by atoms with E-state index in [0.29, 0.717) is 12.2 Å². The molecule has 2 amide bonds. The fraction of sp³-hybridized carbons (Fsp3) is 0.333. The maximum atomic E-state index is 13.1. The molecule has 2 saturated heterocycles. The zero-order valence-electron chi connectivity index (χ0n) is 14.7. The van der Waals surface area contributed by atoms with Crippen LogP contribution < -0.4 is 5.32 Å². The van der Waals surface area contributed by atoms with Gasteiger partial charge in [0.05, 0.1) is 10.9 Å². The first-order valence-electron chi connectivity index (χ1n) is 8.95. The maximum absolute atomic E-state index is 13.1. The van der Waals surface area contributed by atoms with Crippen molar-refractivity contribution in [2.45, 2.75) is 36.7 Å². The van der Waals surface area contributed by atoms with Gasteiger partial charge in [0.25, 0.3) is 0 Å². The molecule has 0 aliphatic carbocycles. The molecule has 2 aromatic carbocycles. The van der Waals surface area contributed by atoms with Crippen molar-refractivity contribution in [3.63, 3.8) is 0 Å². The molecule has 2 aliphatic rings. The Labute approximate surface area is 158 Å². The van der Waals surface area contributed by atoms with Gasteiger partial charge >= 0.3 is 0 Å². The lowest BCUT2D eigenvalue weighted by molar-refractivity contribution is -0.138. The van der Waals surface area contributed by atoms with Gasteiger partial charge in [-0.3, -0.25) is 9.59 Å². The van der Waals surface area contributed by atoms with Gasteiger partial charge in [-0.15, -0.1) is 11.8 Å². The van der Waals surface area contributed by atoms with E-state index < -0.39 is 6.04 Å². The zero-order chi connectivity index (χ0) is 18.1. The smallest absolute Gasteiger partial charge is 0.244 e. The molecule has 2 heterocycles. The number of nitrogens with one attached hydrogen (secondary N) is 1. The first kappa shape index (κ1) is 17.2. The SMILES string of the molecule is CC12CCC(=O)N1C(C(=O)NC(c1ccccc1)c1ccccc1)CS2. The minimum absolute atomic E-state index is 0.0748. The van der Waals surface area contributed by atoms with Gasteiger partial charge < -0.3 is 10.2 Å². The van der Waals surface area contributed by atoms with Gasteiger partial charge in [0, 0.05) is 12.2 Å². The molecule has 4 rings (SSSR count). The highest BCUT2D eigenvalue weighted by Gasteiger charge is 2.53. The minimum atomic E-state index is -0.394. The summed E-state index contributed by atoms with van der Waals surface area (Å²) in [5.74, 6) is 0.674. The minimum Gasteiger partial charge on any atom is -0.343 e. The van der Waals surface area contributed by atoms with E-state index in [1.165, 1.54) is 0 Å². The molecule has 0 bridgehead atoms. The molecule has 0 radical (unpaired) electrons. The summed E-state index contributed by atoms with van der Waals surface area (Å²) in [5.41, 5.74) is 2.07. The maximum Gasteiger partial charge on any atom is 0.244 e. The molecule has 134 valence electrons. The zero-order valence-corrected chi connectivity index (χ0v) is 15.5. The van der Waals surface area contributed by atoms with Gasteiger partial charge in [0.2, 0.25) is 11.8 Å². The van der Waals surface area contributed by atoms with Crippen molar-refractivity contribution in [1.82, 2.24) is 10.2 Å². The third-order valence-electron chi connectivity index (χ3n) is 5.30. The molecular formula is C21H22N2O2S. The van der Waals surface area contributed by atoms with Crippen LogP contribution in [0.5, 0.6) is 0 Å². The fourth-order valence-electron chi connectivity index (χ4n) is 3.90. The molecule has 5 heteroatoms. The number of fused-ring (bicyclic) bond motifs is 1. The third kappa shape index (κ3) is 3.01. The molecule has 2 aromatic rings. The van der Waals surface area contributed by atoms with Gasteiger partial charge in [0.15, 0.2) is 0 Å². The number of rotatable bonds is 4. The molecule has 1 N–H and O–H groups in total. The van der Waals surface area contributed by atoms with Gasteiger partial charge in [-0.1, -0.05) is 60.7 Å². The predicted molar refractivity (Wildman–Crippen MR) is 104 cm³/mol. The van der Waals surface area contributed by atoms with Crippen molar-refractivity contribution in [1.29, 1.82) is 0 Å². The van der Waals surface area contributed by atoms with E-state index in [1.54, 1.807) is 16.7 Å². The lowest BCUT2D eigenvalue weighted by Crippen LogP contribution is -2.50. The highest BCUT2D eigenvalue weighted by Crippen LogP contribution is 2.47. The van der Waals surface area contributed by atoms with E-state index in [4.69, 9.17) is 0 Å². The van der Waals surface area contributed by atoms with Crippen LogP contribution in [0.2, 0.25) is 0 Å². The van der Waals surface area contributed by atoms with Crippen LogP contribution in [0.25, 0.3) is 0 Å². The summed E-state index contributed by atoms with van der Waals surface area (Å²) < 4.78 is 0. The number of nitrogens with zero attached hydrogens (tertiary/aromatic N) is 1. The summed E-state index contributed by atoms with van der Waals surface area (Å²) in [7, 11) is 0. The number of carbonyl (C=O) groups excluding carboxylic acids is 2. The second-order valence-corrected chi connectivity index (χ2v) is 8.53. The summed E-state index contributed by atoms with van der Waals surface area (Å²) >= 11 is 1.72. The fourth-order valence-corrected chi connectivity index (χ4v) is 5.34. The number of hydrogen-bond donors (Lipinski definition) is 1. The van der Waals surface area contributed by atoms with Gasteiger partial charge in [0.1, 0.15) is 6.04 Å². The number of carbonyl (C=O) groups is 2. The van der Waals surface area contributed by atoms with Crippen molar-refractivity contribution in [3.8, 4) is 0 Å². The molecule has 0 spiro atoms. The van der Waals surface area contributed by atoms with Crippen LogP contribution in [0, 0.1) is 0 Å². The Kier molecular flexibility index (Phi) is 4.49. The van der Waals surface area contributed by atoms with Crippen LogP contribution in [0.15, 0.2) is 60.7 Å². The average molecular weight is 366 g/mol. The van der Waals surface area contributed by atoms with E-state index in [0.717, 1.165) is 17.5 Å². The third-order valence-corrected chi connectivity index (χ3v) is 6.81. The number of thioether (sulfide) groups is 1. The molecule has 0 aromatic heterocycles. The number of amides is 2. The van der Waals surface area contributed by atoms with E-state index in [1.807, 2.05) is 60.7 Å². The summed E-state index contributed by atoms with van der Waals surface area (Å²) in [5, 5.41) is 3.20. The van der Waals surface area contributed by atoms with Gasteiger partial charge in [-0.2, -0.15) is 0 Å². The van der Waals surface area contributed by atoms with E-state index in [2.05, 4.69) is 12.2 Å². The Hall–Kier alpha value is -2.27. The average Bonchev–Trinajstić information content (AvgIpc) is 3.17. The number of hydrogen-bond acceptors (Lipinski definition) is 3. The summed E-state index contributed by atoms with van der Waals surface area (Å²) in [6, 6.07) is 19.3. The first-order valence-corrected chi connectivity index (χ1v) is 9.93. The van der Waals surface area contributed by atoms with Crippen LogP contribution in [0.4, 0.5) is 0 Å². The Balaban J connectivity index is 1.60. The van der Waals surface area contributed by atoms with Crippen LogP contribution in [-0.4, -0.2) is 33.4 Å². The van der Waals surface area contributed by atoms with Crippen molar-refractivity contribution >= 4 is 23.6 Å². The molecule has 4 nitrogen and oxygen atoms in total. The second kappa shape index (κ2) is 6.80. The molecular weight excluding hydrogens is 344 g/mol. The molecule has 26 heavy (non-hydrogen) atoms. The van der Waals surface area contributed by atoms with Crippen LogP contribution >= 0.6 is 11.8 Å². The van der Waals surface area contributed by atoms with Crippen molar-refractivity contribution in [2.75, 3.05) is 5.75 Å². The lowest BCUT2D eigenvalue weighted by Gasteiger charge is -2.31. The molecule has 2 unspecified atom stereocenters. The van der Waals surface area contributed by atoms with E-state index in [9.17, 15) is 9.59 Å². The largest absolute Gasteiger partial charge is 0.343 e. The summed E-state index contributed by atoms with van der Waals surface area (Å²) in [6.45, 7) is 2.07. The molecule has 2 aliphatic heterocycles. The van der Waals surface area contributed by atoms with Crippen LogP contribution in [0.1, 0.15) is 36.9 Å². The number of benzene rings is 2. The van der Waals surface area contributed by atoms with Crippen molar-refractivity contribution < 1.29 is 9.59 Å². The Bertz CT molecular complexity index is 772. The van der Waals surface area contributed by atoms with Crippen LogP contribution in [0.3, 0.4) is 0 Å². The molecule has 2 fully saturated rings. The first-order chi connectivity index (χ1) is 12.6. The standard InChI is InChI=1S/C21H22N2O2S/c1-21-13-12-18(24)23(21)17(14-26-21)20(25)22-19(15-8-4-2-5-9-15)16-10-6-3-7-11-16/h2-11,17,19H,12-14H2,1H3,(H,22,25).